The van der Waals surface area contributed by atoms with E-state index in [2.05, 4.69) is 94.1 Å². The van der Waals surface area contributed by atoms with Crippen LogP contribution in [0.1, 0.15) is 20.8 Å². The second kappa shape index (κ2) is 5.38. The van der Waals surface area contributed by atoms with Gasteiger partial charge in [0.25, 0.3) is 0 Å². The molecular weight excluding hydrogens is 391 g/mol. The molecule has 0 aromatic heterocycles. The predicted octanol–water partition coefficient (Wildman–Crippen LogP) is 3.94. The molecule has 0 heterocycles. The Hall–Kier alpha value is -0.281. The van der Waals surface area contributed by atoms with Gasteiger partial charge in [0, 0.05) is 0 Å². The zero-order valence-corrected chi connectivity index (χ0v) is 15.6. The number of rotatable bonds is 2. The van der Waals surface area contributed by atoms with Crippen molar-refractivity contribution in [3.05, 3.63) is 60.7 Å². The second-order valence-corrected chi connectivity index (χ2v) is 25.0. The van der Waals surface area contributed by atoms with Crippen molar-refractivity contribution in [2.45, 2.75) is 24.2 Å². The molecule has 0 spiro atoms. The topological polar surface area (TPSA) is 0 Å². The Bertz CT molecular complexity index is 460. The summed E-state index contributed by atoms with van der Waals surface area (Å²) in [5.74, 6) is 0. The molecule has 0 aliphatic heterocycles. The van der Waals surface area contributed by atoms with Gasteiger partial charge in [-0.1, -0.05) is 0 Å². The molecule has 94 valence electrons. The van der Waals surface area contributed by atoms with Crippen LogP contribution in [0.2, 0.25) is 3.43 Å². The molecule has 0 aliphatic carbocycles. The molecule has 0 amide bonds. The Labute approximate surface area is 120 Å². The monoisotopic (exact) mass is 410 g/mol. The summed E-state index contributed by atoms with van der Waals surface area (Å²) >= 11 is 1.46. The van der Waals surface area contributed by atoms with Gasteiger partial charge in [0.15, 0.2) is 0 Å². The Morgan fingerprint density at radius 2 is 1.06 bits per heavy atom. The zero-order valence-electron chi connectivity index (χ0n) is 11.2. The number of halogens is 1. The third-order valence-electron chi connectivity index (χ3n) is 3.38. The molecule has 18 heavy (non-hydrogen) atoms. The Morgan fingerprint density at radius 1 is 0.722 bits per heavy atom. The fourth-order valence-corrected chi connectivity index (χ4v) is 15.5. The fraction of sp³-hybridized carbons (Fsp3) is 0.250. The normalized spacial score (nSPS) is 12.4. The third kappa shape index (κ3) is 2.53. The average Bonchev–Trinajstić information content (AvgIpc) is 2.38. The van der Waals surface area contributed by atoms with Crippen molar-refractivity contribution in [2.75, 3.05) is 0 Å². The van der Waals surface area contributed by atoms with Gasteiger partial charge in [-0.05, 0) is 0 Å². The molecule has 0 fully saturated rings. The fourth-order valence-electron chi connectivity index (χ4n) is 2.37. The van der Waals surface area contributed by atoms with Crippen LogP contribution in [0.25, 0.3) is 0 Å². The summed E-state index contributed by atoms with van der Waals surface area (Å²) in [6, 6.07) is 21.9. The van der Waals surface area contributed by atoms with E-state index < -0.39 is 16.2 Å². The molecule has 0 N–H and O–H groups in total. The Kier molecular flexibility index (Phi) is 4.22. The van der Waals surface area contributed by atoms with Crippen molar-refractivity contribution < 1.29 is 0 Å². The minimum atomic E-state index is -2.77. The van der Waals surface area contributed by atoms with Gasteiger partial charge in [0.1, 0.15) is 0 Å². The van der Waals surface area contributed by atoms with E-state index in [1.807, 2.05) is 0 Å². The van der Waals surface area contributed by atoms with E-state index in [9.17, 15) is 0 Å². The van der Waals surface area contributed by atoms with Crippen molar-refractivity contribution in [1.29, 1.82) is 0 Å². The van der Waals surface area contributed by atoms with Crippen molar-refractivity contribution in [3.8, 4) is 0 Å². The number of hydrogen-bond donors (Lipinski definition) is 0. The molecule has 0 saturated carbocycles. The quantitative estimate of drug-likeness (QED) is 0.659. The Balaban J connectivity index is 2.63. The van der Waals surface area contributed by atoms with E-state index in [4.69, 9.17) is 0 Å². The van der Waals surface area contributed by atoms with E-state index in [-0.39, 0.29) is 3.43 Å². The standard InChI is InChI=1S/2C6H5.C4H9.BrH.Sn/c2*1-2-4-6-5-3-1;1-4(2)3;;/h2*1-5H;1-3H3;1H;/q;;;;+1/p-1. The van der Waals surface area contributed by atoms with Crippen LogP contribution >= 0.6 is 12.7 Å². The molecule has 0 radical (unpaired) electrons. The Morgan fingerprint density at radius 3 is 1.33 bits per heavy atom. The van der Waals surface area contributed by atoms with Crippen LogP contribution < -0.4 is 7.16 Å². The summed E-state index contributed by atoms with van der Waals surface area (Å²) < 4.78 is 3.30. The van der Waals surface area contributed by atoms with Gasteiger partial charge < -0.3 is 0 Å². The van der Waals surface area contributed by atoms with Gasteiger partial charge in [0.05, 0.1) is 0 Å². The summed E-state index contributed by atoms with van der Waals surface area (Å²) in [6.07, 6.45) is 0. The number of hydrogen-bond acceptors (Lipinski definition) is 0. The first kappa shape index (κ1) is 14.1. The van der Waals surface area contributed by atoms with Crippen LogP contribution in [0.5, 0.6) is 0 Å². The number of benzene rings is 2. The van der Waals surface area contributed by atoms with Gasteiger partial charge in [-0.15, -0.1) is 0 Å². The SMILES string of the molecule is C[C](C)(C)[Sn]([Br])([c]1ccccc1)[c]1ccccc1. The maximum atomic E-state index is 4.23. The van der Waals surface area contributed by atoms with Crippen molar-refractivity contribution >= 4 is 36.0 Å². The average molecular weight is 410 g/mol. The molecule has 0 atom stereocenters. The summed E-state index contributed by atoms with van der Waals surface area (Å²) in [4.78, 5) is 0. The van der Waals surface area contributed by atoms with Crippen LogP contribution in [0.4, 0.5) is 0 Å². The molecule has 2 aromatic rings. The van der Waals surface area contributed by atoms with Gasteiger partial charge in [-0.2, -0.15) is 0 Å². The van der Waals surface area contributed by atoms with Crippen LogP contribution in [-0.2, 0) is 0 Å². The van der Waals surface area contributed by atoms with Gasteiger partial charge in [-0.25, -0.2) is 0 Å². The minimum absolute atomic E-state index is 0.289. The summed E-state index contributed by atoms with van der Waals surface area (Å²) in [7, 11) is 0. The van der Waals surface area contributed by atoms with Gasteiger partial charge in [-0.3, -0.25) is 0 Å². The summed E-state index contributed by atoms with van der Waals surface area (Å²) in [5, 5.41) is 0. The van der Waals surface area contributed by atoms with Crippen molar-refractivity contribution in [1.82, 2.24) is 0 Å². The predicted molar refractivity (Wildman–Crippen MR) is 86.5 cm³/mol. The van der Waals surface area contributed by atoms with Crippen molar-refractivity contribution in [2.24, 2.45) is 0 Å². The first-order valence-corrected chi connectivity index (χ1v) is 16.9. The first-order valence-electron chi connectivity index (χ1n) is 6.26. The van der Waals surface area contributed by atoms with Crippen LogP contribution in [0.3, 0.4) is 0 Å². The molecular formula is C16H19BrSn. The van der Waals surface area contributed by atoms with E-state index >= 15 is 0 Å². The summed E-state index contributed by atoms with van der Waals surface area (Å²) in [6.45, 7) is 7.08. The van der Waals surface area contributed by atoms with Gasteiger partial charge >= 0.3 is 121 Å². The molecule has 2 heteroatoms. The van der Waals surface area contributed by atoms with E-state index in [1.54, 1.807) is 0 Å². The van der Waals surface area contributed by atoms with Crippen LogP contribution in [0, 0.1) is 0 Å². The first-order chi connectivity index (χ1) is 8.46. The third-order valence-corrected chi connectivity index (χ3v) is 29.8. The van der Waals surface area contributed by atoms with E-state index in [1.165, 1.54) is 7.16 Å². The second-order valence-electron chi connectivity index (χ2n) is 5.64. The van der Waals surface area contributed by atoms with Crippen LogP contribution in [-0.4, -0.2) is 16.2 Å². The maximum absolute atomic E-state index is 4.23. The molecule has 2 aromatic carbocycles. The van der Waals surface area contributed by atoms with Gasteiger partial charge in [0.2, 0.25) is 0 Å². The summed E-state index contributed by atoms with van der Waals surface area (Å²) in [5.41, 5.74) is 0. The molecule has 0 aliphatic rings. The zero-order chi connectivity index (χ0) is 13.2. The van der Waals surface area contributed by atoms with Crippen LogP contribution in [0.15, 0.2) is 60.7 Å². The molecule has 0 nitrogen and oxygen atoms in total. The molecule has 0 unspecified atom stereocenters. The van der Waals surface area contributed by atoms with Crippen molar-refractivity contribution in [3.63, 3.8) is 0 Å². The molecule has 0 saturated heterocycles. The van der Waals surface area contributed by atoms with E-state index in [0.717, 1.165) is 0 Å². The van der Waals surface area contributed by atoms with E-state index in [0.29, 0.717) is 0 Å². The molecule has 0 bridgehead atoms. The molecule has 2 rings (SSSR count).